The second-order valence-corrected chi connectivity index (χ2v) is 10.1. The highest BCUT2D eigenvalue weighted by Gasteiger charge is 2.44. The van der Waals surface area contributed by atoms with E-state index in [0.717, 1.165) is 11.1 Å². The molecule has 0 radical (unpaired) electrons. The Labute approximate surface area is 209 Å². The van der Waals surface area contributed by atoms with Gasteiger partial charge in [-0.3, -0.25) is 4.79 Å². The Morgan fingerprint density at radius 2 is 1.67 bits per heavy atom. The van der Waals surface area contributed by atoms with Crippen LogP contribution in [0.4, 0.5) is 4.39 Å². The molecule has 1 fully saturated rings. The maximum atomic E-state index is 14.9. The smallest absolute Gasteiger partial charge is 0.307 e. The van der Waals surface area contributed by atoms with Gasteiger partial charge in [0.1, 0.15) is 41.5 Å². The molecule has 0 heterocycles. The number of rotatable bonds is 9. The second kappa shape index (κ2) is 9.47. The molecule has 0 bridgehead atoms. The number of hydrogen-bond acceptors (Lipinski definition) is 5. The number of aliphatic hydroxyl groups is 1. The number of halogens is 1. The molecule has 36 heavy (non-hydrogen) atoms. The van der Waals surface area contributed by atoms with Crippen LogP contribution in [0.5, 0.6) is 23.0 Å². The molecule has 2 aliphatic carbocycles. The highest BCUT2D eigenvalue weighted by Crippen LogP contribution is 2.48. The fraction of sp³-hybridized carbons (Fsp3) is 0.345. The Morgan fingerprint density at radius 1 is 1.00 bits per heavy atom. The van der Waals surface area contributed by atoms with Crippen LogP contribution >= 0.6 is 0 Å². The van der Waals surface area contributed by atoms with E-state index in [9.17, 15) is 14.3 Å². The Morgan fingerprint density at radius 3 is 2.31 bits per heavy atom. The van der Waals surface area contributed by atoms with Gasteiger partial charge >= 0.3 is 5.97 Å². The number of fused-ring (bicyclic) bond motifs is 1. The number of carboxylic acids is 1. The Bertz CT molecular complexity index is 1250. The summed E-state index contributed by atoms with van der Waals surface area (Å²) in [7, 11) is 0. The lowest BCUT2D eigenvalue weighted by atomic mass is 10.1. The average Bonchev–Trinajstić information content (AvgIpc) is 3.54. The summed E-state index contributed by atoms with van der Waals surface area (Å²) in [6.45, 7) is 3.53. The van der Waals surface area contributed by atoms with Crippen LogP contribution in [0.3, 0.4) is 0 Å². The van der Waals surface area contributed by atoms with Crippen LogP contribution < -0.4 is 14.2 Å². The molecular weight excluding hydrogens is 463 g/mol. The predicted octanol–water partition coefficient (Wildman–Crippen LogP) is 6.02. The zero-order valence-corrected chi connectivity index (χ0v) is 20.2. The van der Waals surface area contributed by atoms with Gasteiger partial charge in [0.2, 0.25) is 0 Å². The molecule has 0 saturated heterocycles. The fourth-order valence-electron chi connectivity index (χ4n) is 4.64. The molecule has 3 aromatic rings. The first-order chi connectivity index (χ1) is 17.2. The molecule has 6 nitrogen and oxygen atoms in total. The van der Waals surface area contributed by atoms with E-state index in [2.05, 4.69) is 0 Å². The molecule has 0 aliphatic heterocycles. The summed E-state index contributed by atoms with van der Waals surface area (Å²) in [4.78, 5) is 11.1. The molecule has 7 heteroatoms. The van der Waals surface area contributed by atoms with Crippen LogP contribution in [-0.4, -0.2) is 28.4 Å². The normalized spacial score (nSPS) is 20.5. The maximum Gasteiger partial charge on any atom is 0.307 e. The van der Waals surface area contributed by atoms with Crippen molar-refractivity contribution in [3.8, 4) is 23.0 Å². The number of hydrogen-bond donors (Lipinski definition) is 2. The van der Waals surface area contributed by atoms with Crippen molar-refractivity contribution in [2.75, 3.05) is 6.61 Å². The van der Waals surface area contributed by atoms with E-state index in [0.29, 0.717) is 47.8 Å². The highest BCUT2D eigenvalue weighted by atomic mass is 19.1. The number of benzene rings is 3. The molecule has 1 saturated carbocycles. The topological polar surface area (TPSA) is 85.2 Å². The largest absolute Gasteiger partial charge is 0.491 e. The van der Waals surface area contributed by atoms with Crippen molar-refractivity contribution in [3.63, 3.8) is 0 Å². The van der Waals surface area contributed by atoms with Gasteiger partial charge in [0, 0.05) is 11.1 Å². The second-order valence-electron chi connectivity index (χ2n) is 10.1. The molecule has 5 rings (SSSR count). The van der Waals surface area contributed by atoms with E-state index >= 15 is 0 Å². The van der Waals surface area contributed by atoms with Crippen LogP contribution in [0.2, 0.25) is 0 Å². The summed E-state index contributed by atoms with van der Waals surface area (Å²) in [6.07, 6.45) is 1.48. The van der Waals surface area contributed by atoms with Gasteiger partial charge in [-0.25, -0.2) is 4.39 Å². The lowest BCUT2D eigenvalue weighted by molar-refractivity contribution is -0.138. The van der Waals surface area contributed by atoms with Crippen molar-refractivity contribution in [1.82, 2.24) is 0 Å². The average molecular weight is 493 g/mol. The quantitative estimate of drug-likeness (QED) is 0.380. The molecule has 188 valence electrons. The van der Waals surface area contributed by atoms with Gasteiger partial charge in [0.15, 0.2) is 0 Å². The first kappa shape index (κ1) is 24.1. The molecule has 2 N–H and O–H groups in total. The van der Waals surface area contributed by atoms with Crippen LogP contribution in [0, 0.1) is 11.7 Å². The lowest BCUT2D eigenvalue weighted by Gasteiger charge is -2.18. The standard InChI is InChI=1S/C29H29FO6/c1-29(2,33)16-34-18-7-9-20(10-8-18)35-25-14-12-24(30)27-21(25)11-13-26(27)36-19-5-3-17(4-6-19)22-15-23(22)28(31)32/h3-10,12,14,22-23,26,33H,11,13,15-16H2,1-2H3,(H,31,32)/t22-,23+,26-/m1/s1. The van der Waals surface area contributed by atoms with Crippen molar-refractivity contribution < 1.29 is 33.6 Å². The minimum Gasteiger partial charge on any atom is -0.491 e. The van der Waals surface area contributed by atoms with Crippen LogP contribution in [0.1, 0.15) is 55.4 Å². The van der Waals surface area contributed by atoms with Gasteiger partial charge in [0.25, 0.3) is 0 Å². The zero-order valence-electron chi connectivity index (χ0n) is 20.2. The summed E-state index contributed by atoms with van der Waals surface area (Å²) in [6, 6.07) is 17.5. The molecule has 0 spiro atoms. The molecule has 0 amide bonds. The van der Waals surface area contributed by atoms with Crippen molar-refractivity contribution in [1.29, 1.82) is 0 Å². The van der Waals surface area contributed by atoms with Gasteiger partial charge < -0.3 is 24.4 Å². The Kier molecular flexibility index (Phi) is 6.35. The first-order valence-electron chi connectivity index (χ1n) is 12.1. The Hall–Kier alpha value is -3.58. The van der Waals surface area contributed by atoms with Crippen LogP contribution in [0.15, 0.2) is 60.7 Å². The number of carbonyl (C=O) groups is 1. The van der Waals surface area contributed by atoms with E-state index in [1.807, 2.05) is 24.3 Å². The zero-order chi connectivity index (χ0) is 25.4. The van der Waals surface area contributed by atoms with Crippen molar-refractivity contribution in [3.05, 3.63) is 83.2 Å². The van der Waals surface area contributed by atoms with Gasteiger partial charge in [-0.15, -0.1) is 0 Å². The summed E-state index contributed by atoms with van der Waals surface area (Å²) < 4.78 is 32.7. The highest BCUT2D eigenvalue weighted by molar-refractivity contribution is 5.75. The molecule has 0 aromatic heterocycles. The van der Waals surface area contributed by atoms with Gasteiger partial charge in [0.05, 0.1) is 11.5 Å². The number of aliphatic carboxylic acids is 1. The summed E-state index contributed by atoms with van der Waals surface area (Å²) >= 11 is 0. The predicted molar refractivity (Wildman–Crippen MR) is 131 cm³/mol. The fourth-order valence-corrected chi connectivity index (χ4v) is 4.64. The van der Waals surface area contributed by atoms with E-state index in [-0.39, 0.29) is 24.3 Å². The molecule has 3 aromatic carbocycles. The third-order valence-corrected chi connectivity index (χ3v) is 6.58. The van der Waals surface area contributed by atoms with Gasteiger partial charge in [-0.1, -0.05) is 12.1 Å². The van der Waals surface area contributed by atoms with Crippen molar-refractivity contribution in [2.45, 2.75) is 50.7 Å². The molecule has 2 aliphatic rings. The van der Waals surface area contributed by atoms with Crippen LogP contribution in [0.25, 0.3) is 0 Å². The van der Waals surface area contributed by atoms with E-state index < -0.39 is 17.7 Å². The molecule has 3 atom stereocenters. The lowest BCUT2D eigenvalue weighted by Crippen LogP contribution is -2.27. The monoisotopic (exact) mass is 492 g/mol. The third kappa shape index (κ3) is 5.31. The number of carboxylic acid groups (broad SMARTS) is 1. The van der Waals surface area contributed by atoms with E-state index in [4.69, 9.17) is 19.3 Å². The van der Waals surface area contributed by atoms with E-state index in [1.54, 1.807) is 44.2 Å². The Balaban J connectivity index is 1.26. The number of ether oxygens (including phenoxy) is 3. The van der Waals surface area contributed by atoms with E-state index in [1.165, 1.54) is 6.07 Å². The first-order valence-corrected chi connectivity index (χ1v) is 12.1. The van der Waals surface area contributed by atoms with Crippen molar-refractivity contribution in [2.24, 2.45) is 5.92 Å². The summed E-state index contributed by atoms with van der Waals surface area (Å²) in [5.74, 6) is 1.10. The summed E-state index contributed by atoms with van der Waals surface area (Å²) in [5.41, 5.74) is 1.36. The minimum absolute atomic E-state index is 0.0584. The SMILES string of the molecule is CC(C)(O)COc1ccc(Oc2ccc(F)c3c2CC[C@H]3Oc2ccc([C@H]3C[C@@H]3C(=O)O)cc2)cc1. The van der Waals surface area contributed by atoms with Crippen LogP contribution in [-0.2, 0) is 11.2 Å². The minimum atomic E-state index is -0.925. The van der Waals surface area contributed by atoms with Gasteiger partial charge in [-0.05, 0) is 93.1 Å². The molecule has 0 unspecified atom stereocenters. The van der Waals surface area contributed by atoms with Crippen molar-refractivity contribution >= 4 is 5.97 Å². The maximum absolute atomic E-state index is 14.9. The summed E-state index contributed by atoms with van der Waals surface area (Å²) in [5, 5.41) is 18.9. The third-order valence-electron chi connectivity index (χ3n) is 6.58. The molecular formula is C29H29FO6. The van der Waals surface area contributed by atoms with Gasteiger partial charge in [-0.2, -0.15) is 0 Å².